The van der Waals surface area contributed by atoms with Crippen LogP contribution in [0.3, 0.4) is 0 Å². The summed E-state index contributed by atoms with van der Waals surface area (Å²) in [5.41, 5.74) is 0.484. The van der Waals surface area contributed by atoms with Gasteiger partial charge in [0.15, 0.2) is 5.96 Å². The van der Waals surface area contributed by atoms with Gasteiger partial charge in [0.2, 0.25) is 10.0 Å². The summed E-state index contributed by atoms with van der Waals surface area (Å²) < 4.78 is 40.8. The lowest BCUT2D eigenvalue weighted by atomic mass is 10.2. The molecule has 1 aromatic carbocycles. The lowest BCUT2D eigenvalue weighted by Gasteiger charge is -2.34. The van der Waals surface area contributed by atoms with Crippen molar-refractivity contribution in [1.82, 2.24) is 19.9 Å². The maximum absolute atomic E-state index is 13.8. The predicted molar refractivity (Wildman–Crippen MR) is 121 cm³/mol. The van der Waals surface area contributed by atoms with Crippen molar-refractivity contribution in [2.75, 3.05) is 49.9 Å². The second-order valence-electron chi connectivity index (χ2n) is 7.10. The molecule has 168 valence electrons. The number of nitrogens with one attached hydrogen (secondary N) is 2. The minimum absolute atomic E-state index is 0.0410. The van der Waals surface area contributed by atoms with E-state index in [1.165, 1.54) is 10.4 Å². The van der Waals surface area contributed by atoms with Crippen LogP contribution in [-0.2, 0) is 16.6 Å². The first kappa shape index (κ1) is 23.0. The van der Waals surface area contributed by atoms with Crippen LogP contribution < -0.4 is 15.5 Å². The van der Waals surface area contributed by atoms with Crippen LogP contribution in [-0.4, -0.2) is 68.7 Å². The Labute approximate surface area is 183 Å². The summed E-state index contributed by atoms with van der Waals surface area (Å²) in [6.45, 7) is 4.99. The summed E-state index contributed by atoms with van der Waals surface area (Å²) in [6.07, 6.45) is 1.74. The molecule has 2 N–H and O–H groups in total. The highest BCUT2D eigenvalue weighted by Crippen LogP contribution is 2.14. The summed E-state index contributed by atoms with van der Waals surface area (Å²) in [5, 5.41) is 6.09. The number of pyridine rings is 1. The Bertz CT molecular complexity index is 963. The molecular weight excluding hydrogens is 419 g/mol. The lowest BCUT2D eigenvalue weighted by molar-refractivity contribution is 0.384. The third kappa shape index (κ3) is 6.63. The van der Waals surface area contributed by atoms with E-state index < -0.39 is 10.0 Å². The molecule has 2 aromatic rings. The van der Waals surface area contributed by atoms with Crippen molar-refractivity contribution in [1.29, 1.82) is 0 Å². The number of hydrogen-bond acceptors (Lipinski definition) is 5. The molecule has 0 bridgehead atoms. The monoisotopic (exact) mass is 448 g/mol. The molecule has 0 radical (unpaired) electrons. The topological polar surface area (TPSA) is 89.9 Å². The van der Waals surface area contributed by atoms with Crippen molar-refractivity contribution >= 4 is 21.8 Å². The molecule has 0 saturated carbocycles. The number of halogens is 1. The smallest absolute Gasteiger partial charge is 0.215 e. The van der Waals surface area contributed by atoms with Gasteiger partial charge >= 0.3 is 0 Å². The number of rotatable bonds is 8. The van der Waals surface area contributed by atoms with Crippen molar-refractivity contribution in [3.8, 4) is 0 Å². The predicted octanol–water partition coefficient (Wildman–Crippen LogP) is 1.43. The fourth-order valence-electron chi connectivity index (χ4n) is 3.30. The zero-order valence-electron chi connectivity index (χ0n) is 17.7. The number of piperazine rings is 1. The van der Waals surface area contributed by atoms with E-state index >= 15 is 0 Å². The lowest BCUT2D eigenvalue weighted by Crippen LogP contribution is -2.50. The minimum Gasteiger partial charge on any atom is -0.357 e. The standard InChI is InChI=1S/C21H29FN6O2S/c1-2-23-21(26-17-18-7-3-4-8-19(18)22)25-11-16-31(29,30)28-14-12-27(13-15-28)20-9-5-6-10-24-20/h3-10H,2,11-17H2,1H3,(H2,23,25,26). The highest BCUT2D eigenvalue weighted by Gasteiger charge is 2.27. The van der Waals surface area contributed by atoms with Gasteiger partial charge < -0.3 is 15.5 Å². The fraction of sp³-hybridized carbons (Fsp3) is 0.429. The first-order chi connectivity index (χ1) is 15.0. The Balaban J connectivity index is 1.49. The molecule has 0 atom stereocenters. The number of aromatic nitrogens is 1. The van der Waals surface area contributed by atoms with E-state index in [4.69, 9.17) is 0 Å². The van der Waals surface area contributed by atoms with E-state index in [0.29, 0.717) is 44.2 Å². The highest BCUT2D eigenvalue weighted by atomic mass is 32.2. The molecule has 8 nitrogen and oxygen atoms in total. The second-order valence-corrected chi connectivity index (χ2v) is 9.19. The molecule has 0 aliphatic carbocycles. The number of guanidine groups is 1. The van der Waals surface area contributed by atoms with Gasteiger partial charge in [0.1, 0.15) is 11.6 Å². The van der Waals surface area contributed by atoms with Crippen molar-refractivity contribution in [3.05, 3.63) is 60.0 Å². The van der Waals surface area contributed by atoms with Crippen molar-refractivity contribution in [2.45, 2.75) is 13.5 Å². The van der Waals surface area contributed by atoms with Crippen LogP contribution in [0.4, 0.5) is 10.2 Å². The maximum Gasteiger partial charge on any atom is 0.215 e. The third-order valence-corrected chi connectivity index (χ3v) is 6.84. The zero-order chi connectivity index (χ0) is 22.1. The average molecular weight is 449 g/mol. The molecule has 0 spiro atoms. The van der Waals surface area contributed by atoms with E-state index in [9.17, 15) is 12.8 Å². The Morgan fingerprint density at radius 2 is 1.84 bits per heavy atom. The van der Waals surface area contributed by atoms with Crippen LogP contribution in [0, 0.1) is 5.82 Å². The van der Waals surface area contributed by atoms with Gasteiger partial charge in [-0.2, -0.15) is 4.31 Å². The largest absolute Gasteiger partial charge is 0.357 e. The SMILES string of the molecule is CCNC(=NCc1ccccc1F)NCCS(=O)(=O)N1CCN(c2ccccn2)CC1. The Morgan fingerprint density at radius 1 is 1.10 bits per heavy atom. The van der Waals surface area contributed by atoms with Crippen LogP contribution in [0.5, 0.6) is 0 Å². The Kier molecular flexibility index (Phi) is 8.19. The Hall–Kier alpha value is -2.72. The summed E-state index contributed by atoms with van der Waals surface area (Å²) in [6, 6.07) is 12.2. The van der Waals surface area contributed by atoms with Gasteiger partial charge in [-0.05, 0) is 25.1 Å². The molecule has 10 heteroatoms. The van der Waals surface area contributed by atoms with E-state index in [1.807, 2.05) is 25.1 Å². The molecule has 3 rings (SSSR count). The van der Waals surface area contributed by atoms with E-state index in [2.05, 4.69) is 25.5 Å². The van der Waals surface area contributed by atoms with Crippen LogP contribution >= 0.6 is 0 Å². The number of sulfonamides is 1. The molecule has 1 aliphatic rings. The quantitative estimate of drug-likeness (QED) is 0.469. The summed E-state index contributed by atoms with van der Waals surface area (Å²) in [7, 11) is -3.39. The Morgan fingerprint density at radius 3 is 2.52 bits per heavy atom. The van der Waals surface area contributed by atoms with Crippen LogP contribution in [0.2, 0.25) is 0 Å². The summed E-state index contributed by atoms with van der Waals surface area (Å²) in [5.74, 6) is 0.971. The van der Waals surface area contributed by atoms with Crippen LogP contribution in [0.15, 0.2) is 53.7 Å². The molecule has 31 heavy (non-hydrogen) atoms. The molecule has 1 aromatic heterocycles. The summed E-state index contributed by atoms with van der Waals surface area (Å²) >= 11 is 0. The van der Waals surface area contributed by atoms with Crippen molar-refractivity contribution < 1.29 is 12.8 Å². The van der Waals surface area contributed by atoms with Gasteiger partial charge in [-0.1, -0.05) is 24.3 Å². The third-order valence-electron chi connectivity index (χ3n) is 4.97. The van der Waals surface area contributed by atoms with Crippen molar-refractivity contribution in [2.24, 2.45) is 4.99 Å². The van der Waals surface area contributed by atoms with Crippen molar-refractivity contribution in [3.63, 3.8) is 0 Å². The van der Waals surface area contributed by atoms with Gasteiger partial charge in [0.05, 0.1) is 12.3 Å². The van der Waals surface area contributed by atoms with E-state index in [1.54, 1.807) is 24.4 Å². The molecule has 1 saturated heterocycles. The molecular formula is C21H29FN6O2S. The van der Waals surface area contributed by atoms with Gasteiger partial charge in [-0.3, -0.25) is 0 Å². The normalized spacial score (nSPS) is 15.7. The van der Waals surface area contributed by atoms with E-state index in [0.717, 1.165) is 5.82 Å². The molecule has 0 amide bonds. The first-order valence-corrected chi connectivity index (χ1v) is 12.0. The first-order valence-electron chi connectivity index (χ1n) is 10.4. The average Bonchev–Trinajstić information content (AvgIpc) is 2.79. The molecule has 1 fully saturated rings. The highest BCUT2D eigenvalue weighted by molar-refractivity contribution is 7.89. The van der Waals surface area contributed by atoms with Gasteiger partial charge in [0.25, 0.3) is 0 Å². The molecule has 2 heterocycles. The van der Waals surface area contributed by atoms with Crippen LogP contribution in [0.25, 0.3) is 0 Å². The molecule has 0 unspecified atom stereocenters. The van der Waals surface area contributed by atoms with Gasteiger partial charge in [0, 0.05) is 51.0 Å². The zero-order valence-corrected chi connectivity index (χ0v) is 18.5. The number of anilines is 1. The summed E-state index contributed by atoms with van der Waals surface area (Å²) in [4.78, 5) is 10.8. The number of nitrogens with zero attached hydrogens (tertiary/aromatic N) is 4. The minimum atomic E-state index is -3.39. The fourth-order valence-corrected chi connectivity index (χ4v) is 4.63. The van der Waals surface area contributed by atoms with E-state index in [-0.39, 0.29) is 24.7 Å². The van der Waals surface area contributed by atoms with Gasteiger partial charge in [-0.15, -0.1) is 0 Å². The number of hydrogen-bond donors (Lipinski definition) is 2. The number of aliphatic imine (C=N–C) groups is 1. The number of benzene rings is 1. The molecule has 1 aliphatic heterocycles. The van der Waals surface area contributed by atoms with Gasteiger partial charge in [-0.25, -0.2) is 22.8 Å². The second kappa shape index (κ2) is 11.1. The maximum atomic E-state index is 13.8. The van der Waals surface area contributed by atoms with Crippen LogP contribution in [0.1, 0.15) is 12.5 Å².